The minimum absolute atomic E-state index is 0.149. The first-order valence-electron chi connectivity index (χ1n) is 3.16. The van der Waals surface area contributed by atoms with Crippen LogP contribution in [0.3, 0.4) is 0 Å². The molecule has 1 aromatic rings. The molecular formula is C7H7NO2. The monoisotopic (exact) mass is 137 g/mol. The van der Waals surface area contributed by atoms with Crippen LogP contribution in [-0.2, 0) is 22.7 Å². The van der Waals surface area contributed by atoms with Crippen molar-refractivity contribution in [3.05, 3.63) is 24.0 Å². The normalized spacial score (nSPS) is 16.2. The second-order valence-corrected chi connectivity index (χ2v) is 2.29. The Kier molecular flexibility index (Phi) is 1.03. The van der Waals surface area contributed by atoms with Crippen LogP contribution in [0.1, 0.15) is 5.69 Å². The lowest BCUT2D eigenvalue weighted by molar-refractivity contribution is -0.148. The lowest BCUT2D eigenvalue weighted by Gasteiger charge is -2.14. The first-order valence-corrected chi connectivity index (χ1v) is 3.16. The van der Waals surface area contributed by atoms with Crippen molar-refractivity contribution >= 4 is 5.97 Å². The first kappa shape index (κ1) is 5.53. The smallest absolute Gasteiger partial charge is 0.326 e. The summed E-state index contributed by atoms with van der Waals surface area (Å²) < 4.78 is 6.70. The Morgan fingerprint density at radius 2 is 2.50 bits per heavy atom. The van der Waals surface area contributed by atoms with E-state index >= 15 is 0 Å². The van der Waals surface area contributed by atoms with Crippen molar-refractivity contribution in [1.29, 1.82) is 0 Å². The molecular weight excluding hydrogens is 130 g/mol. The molecule has 1 aromatic heterocycles. The van der Waals surface area contributed by atoms with Gasteiger partial charge >= 0.3 is 5.97 Å². The maximum absolute atomic E-state index is 10.7. The zero-order valence-corrected chi connectivity index (χ0v) is 5.41. The molecule has 0 aliphatic carbocycles. The molecule has 10 heavy (non-hydrogen) atoms. The molecule has 0 unspecified atom stereocenters. The van der Waals surface area contributed by atoms with Crippen molar-refractivity contribution in [2.75, 3.05) is 0 Å². The van der Waals surface area contributed by atoms with Gasteiger partial charge in [0.2, 0.25) is 0 Å². The minimum atomic E-state index is -0.149. The van der Waals surface area contributed by atoms with E-state index in [2.05, 4.69) is 0 Å². The summed E-state index contributed by atoms with van der Waals surface area (Å²) in [5.41, 5.74) is 1.07. The summed E-state index contributed by atoms with van der Waals surface area (Å²) in [5.74, 6) is -0.149. The average Bonchev–Trinajstić information content (AvgIpc) is 2.33. The van der Waals surface area contributed by atoms with Gasteiger partial charge in [0, 0.05) is 6.20 Å². The fourth-order valence-corrected chi connectivity index (χ4v) is 1.07. The minimum Gasteiger partial charge on any atom is -0.458 e. The van der Waals surface area contributed by atoms with E-state index in [1.54, 1.807) is 0 Å². The number of esters is 1. The summed E-state index contributed by atoms with van der Waals surface area (Å²) in [4.78, 5) is 10.7. The zero-order chi connectivity index (χ0) is 6.97. The van der Waals surface area contributed by atoms with Crippen LogP contribution < -0.4 is 0 Å². The summed E-state index contributed by atoms with van der Waals surface area (Å²) in [6.45, 7) is 0.786. The highest BCUT2D eigenvalue weighted by molar-refractivity contribution is 5.70. The molecule has 2 rings (SSSR count). The van der Waals surface area contributed by atoms with Crippen molar-refractivity contribution < 1.29 is 9.53 Å². The Hall–Kier alpha value is -1.25. The third-order valence-electron chi connectivity index (χ3n) is 1.60. The van der Waals surface area contributed by atoms with E-state index in [-0.39, 0.29) is 5.97 Å². The maximum Gasteiger partial charge on any atom is 0.326 e. The number of carbonyl (C=O) groups excluding carboxylic acids is 1. The molecule has 3 heteroatoms. The molecule has 1 aliphatic rings. The van der Waals surface area contributed by atoms with Gasteiger partial charge in [0.25, 0.3) is 0 Å². The molecule has 3 nitrogen and oxygen atoms in total. The van der Waals surface area contributed by atoms with Crippen molar-refractivity contribution in [3.8, 4) is 0 Å². The van der Waals surface area contributed by atoms with Crippen LogP contribution in [0.15, 0.2) is 18.3 Å². The third-order valence-corrected chi connectivity index (χ3v) is 1.60. The van der Waals surface area contributed by atoms with Gasteiger partial charge < -0.3 is 9.30 Å². The Morgan fingerprint density at radius 1 is 1.60 bits per heavy atom. The number of aromatic nitrogens is 1. The maximum atomic E-state index is 10.7. The first-order chi connectivity index (χ1) is 4.86. The average molecular weight is 137 g/mol. The number of carbonyl (C=O) groups is 1. The van der Waals surface area contributed by atoms with E-state index < -0.39 is 0 Å². The number of hydrogen-bond acceptors (Lipinski definition) is 2. The third kappa shape index (κ3) is 0.708. The van der Waals surface area contributed by atoms with Gasteiger partial charge in [-0.25, -0.2) is 0 Å². The number of hydrogen-bond donors (Lipinski definition) is 0. The lowest BCUT2D eigenvalue weighted by atomic mass is 10.4. The molecule has 0 saturated heterocycles. The van der Waals surface area contributed by atoms with Crippen LogP contribution in [0.25, 0.3) is 0 Å². The van der Waals surface area contributed by atoms with Gasteiger partial charge in [-0.1, -0.05) is 0 Å². The molecule has 0 aromatic carbocycles. The van der Waals surface area contributed by atoms with E-state index in [1.165, 1.54) is 0 Å². The highest BCUT2D eigenvalue weighted by Gasteiger charge is 2.13. The summed E-state index contributed by atoms with van der Waals surface area (Å²) in [6.07, 6.45) is 1.88. The second-order valence-electron chi connectivity index (χ2n) is 2.29. The van der Waals surface area contributed by atoms with Gasteiger partial charge in [-0.3, -0.25) is 4.79 Å². The summed E-state index contributed by atoms with van der Waals surface area (Å²) in [5, 5.41) is 0. The Balaban J connectivity index is 2.39. The molecule has 0 N–H and O–H groups in total. The molecule has 1 aliphatic heterocycles. The number of fused-ring (bicyclic) bond motifs is 1. The predicted molar refractivity (Wildman–Crippen MR) is 34.2 cm³/mol. The standard InChI is InChI=1S/C7H7NO2/c9-7-4-8-3-1-2-6(8)5-10-7/h1-3H,4-5H2. The topological polar surface area (TPSA) is 31.2 Å². The van der Waals surface area contributed by atoms with E-state index in [0.717, 1.165) is 5.69 Å². The van der Waals surface area contributed by atoms with Crippen molar-refractivity contribution in [3.63, 3.8) is 0 Å². The molecule has 0 bridgehead atoms. The van der Waals surface area contributed by atoms with Gasteiger partial charge in [0.1, 0.15) is 13.2 Å². The van der Waals surface area contributed by atoms with Gasteiger partial charge in [0.05, 0.1) is 5.69 Å². The highest BCUT2D eigenvalue weighted by atomic mass is 16.5. The second kappa shape index (κ2) is 1.87. The molecule has 2 heterocycles. The number of cyclic esters (lactones) is 1. The molecule has 52 valence electrons. The van der Waals surface area contributed by atoms with E-state index in [4.69, 9.17) is 4.74 Å². The molecule has 0 amide bonds. The highest BCUT2D eigenvalue weighted by Crippen LogP contribution is 2.09. The van der Waals surface area contributed by atoms with Crippen molar-refractivity contribution in [2.24, 2.45) is 0 Å². The van der Waals surface area contributed by atoms with Crippen LogP contribution in [0, 0.1) is 0 Å². The molecule has 0 radical (unpaired) electrons. The van der Waals surface area contributed by atoms with Gasteiger partial charge in [-0.2, -0.15) is 0 Å². The summed E-state index contributed by atoms with van der Waals surface area (Å²) >= 11 is 0. The number of nitrogens with zero attached hydrogens (tertiary/aromatic N) is 1. The van der Waals surface area contributed by atoms with Crippen molar-refractivity contribution in [2.45, 2.75) is 13.2 Å². The van der Waals surface area contributed by atoms with Gasteiger partial charge in [-0.15, -0.1) is 0 Å². The largest absolute Gasteiger partial charge is 0.458 e. The predicted octanol–water partition coefficient (Wildman–Crippen LogP) is 0.545. The van der Waals surface area contributed by atoms with Gasteiger partial charge in [0.15, 0.2) is 0 Å². The van der Waals surface area contributed by atoms with Gasteiger partial charge in [-0.05, 0) is 12.1 Å². The Morgan fingerprint density at radius 3 is 3.40 bits per heavy atom. The van der Waals surface area contributed by atoms with E-state index in [1.807, 2.05) is 22.9 Å². The van der Waals surface area contributed by atoms with Crippen LogP contribution in [0.4, 0.5) is 0 Å². The Bertz CT molecular complexity index is 264. The molecule has 0 fully saturated rings. The van der Waals surface area contributed by atoms with Crippen molar-refractivity contribution in [1.82, 2.24) is 4.57 Å². The van der Waals surface area contributed by atoms with E-state index in [0.29, 0.717) is 13.2 Å². The Labute approximate surface area is 58.2 Å². The fourth-order valence-electron chi connectivity index (χ4n) is 1.07. The summed E-state index contributed by atoms with van der Waals surface area (Å²) in [7, 11) is 0. The van der Waals surface area contributed by atoms with Crippen LogP contribution in [-0.4, -0.2) is 10.5 Å². The fraction of sp³-hybridized carbons (Fsp3) is 0.286. The van der Waals surface area contributed by atoms with Crippen LogP contribution >= 0.6 is 0 Å². The molecule has 0 atom stereocenters. The number of ether oxygens (including phenoxy) is 1. The molecule has 0 saturated carbocycles. The molecule has 0 spiro atoms. The SMILES string of the molecule is O=C1Cn2cccc2CO1. The summed E-state index contributed by atoms with van der Waals surface area (Å²) in [6, 6.07) is 3.86. The quantitative estimate of drug-likeness (QED) is 0.489. The van der Waals surface area contributed by atoms with E-state index in [9.17, 15) is 4.79 Å². The number of rotatable bonds is 0. The zero-order valence-electron chi connectivity index (χ0n) is 5.41. The van der Waals surface area contributed by atoms with Crippen LogP contribution in [0.2, 0.25) is 0 Å². The lowest BCUT2D eigenvalue weighted by Crippen LogP contribution is -2.20. The van der Waals surface area contributed by atoms with Crippen LogP contribution in [0.5, 0.6) is 0 Å².